The molecule has 0 unspecified atom stereocenters. The monoisotopic (exact) mass is 412 g/mol. The van der Waals surface area contributed by atoms with E-state index in [-0.39, 0.29) is 43.0 Å². The summed E-state index contributed by atoms with van der Waals surface area (Å²) in [5.41, 5.74) is 5.73. The number of hydrogen-bond acceptors (Lipinski definition) is 6. The van der Waals surface area contributed by atoms with Crippen molar-refractivity contribution in [2.75, 3.05) is 37.3 Å². The van der Waals surface area contributed by atoms with Crippen molar-refractivity contribution in [2.45, 2.75) is 26.8 Å². The number of nitrogens with zero attached hydrogens (tertiary/aromatic N) is 4. The van der Waals surface area contributed by atoms with Gasteiger partial charge in [-0.15, -0.1) is 0 Å². The number of anilines is 2. The number of likely N-dealkylation sites (N-methyl/N-ethyl adjacent to an activating group) is 1. The van der Waals surface area contributed by atoms with Gasteiger partial charge in [-0.1, -0.05) is 44.2 Å². The summed E-state index contributed by atoms with van der Waals surface area (Å²) in [5.74, 6) is -0.320. The maximum absolute atomic E-state index is 13.0. The summed E-state index contributed by atoms with van der Waals surface area (Å²) in [6, 6.07) is 11.3. The summed E-state index contributed by atoms with van der Waals surface area (Å²) >= 11 is 0. The van der Waals surface area contributed by atoms with Crippen molar-refractivity contribution in [2.24, 2.45) is 5.92 Å². The Morgan fingerprint density at radius 2 is 1.93 bits per heavy atom. The van der Waals surface area contributed by atoms with Crippen molar-refractivity contribution in [3.05, 3.63) is 56.7 Å². The van der Waals surface area contributed by atoms with Crippen molar-refractivity contribution >= 4 is 17.4 Å². The minimum Gasteiger partial charge on any atom is -0.383 e. The van der Waals surface area contributed by atoms with Crippen LogP contribution in [0.5, 0.6) is 0 Å². The minimum atomic E-state index is -0.699. The molecule has 30 heavy (non-hydrogen) atoms. The van der Waals surface area contributed by atoms with Gasteiger partial charge in [-0.25, -0.2) is 4.79 Å². The first-order chi connectivity index (χ1) is 14.2. The lowest BCUT2D eigenvalue weighted by Gasteiger charge is -2.28. The molecule has 3 N–H and O–H groups in total. The van der Waals surface area contributed by atoms with Gasteiger partial charge in [-0.05, 0) is 18.5 Å². The molecule has 1 heterocycles. The number of nitrogens with one attached hydrogen (secondary N) is 1. The van der Waals surface area contributed by atoms with E-state index in [2.05, 4.69) is 4.98 Å². The molecule has 0 atom stereocenters. The van der Waals surface area contributed by atoms with Gasteiger partial charge in [0, 0.05) is 19.5 Å². The number of benzene rings is 1. The zero-order valence-corrected chi connectivity index (χ0v) is 17.6. The number of aromatic nitrogens is 2. The maximum atomic E-state index is 13.0. The maximum Gasteiger partial charge on any atom is 0.330 e. The summed E-state index contributed by atoms with van der Waals surface area (Å²) in [5, 5.41) is 8.74. The van der Waals surface area contributed by atoms with Crippen LogP contribution in [0, 0.1) is 17.2 Å². The Balaban J connectivity index is 2.46. The lowest BCUT2D eigenvalue weighted by molar-refractivity contribution is -0.119. The molecule has 1 aromatic heterocycles. The SMILES string of the molecule is CC(C)CN(C(=O)CN(C)CCC#N)c1c(N)n(Cc2ccccc2)c(=O)[nH]c1=O. The number of nitrogens with two attached hydrogens (primary N) is 1. The van der Waals surface area contributed by atoms with Crippen LogP contribution in [0.1, 0.15) is 25.8 Å². The van der Waals surface area contributed by atoms with Crippen LogP contribution >= 0.6 is 0 Å². The van der Waals surface area contributed by atoms with E-state index in [4.69, 9.17) is 11.0 Å². The van der Waals surface area contributed by atoms with E-state index < -0.39 is 11.2 Å². The van der Waals surface area contributed by atoms with Gasteiger partial charge in [0.2, 0.25) is 5.91 Å². The average molecular weight is 412 g/mol. The van der Waals surface area contributed by atoms with E-state index in [1.54, 1.807) is 11.9 Å². The first-order valence-electron chi connectivity index (χ1n) is 9.77. The Kier molecular flexibility index (Phi) is 7.95. The van der Waals surface area contributed by atoms with Crippen LogP contribution in [0.4, 0.5) is 11.5 Å². The molecule has 0 saturated heterocycles. The van der Waals surface area contributed by atoms with Crippen molar-refractivity contribution in [3.63, 3.8) is 0 Å². The molecule has 0 aliphatic rings. The van der Waals surface area contributed by atoms with Crippen molar-refractivity contribution in [3.8, 4) is 6.07 Å². The van der Waals surface area contributed by atoms with E-state index in [1.165, 1.54) is 9.47 Å². The molecule has 0 fully saturated rings. The predicted molar refractivity (Wildman–Crippen MR) is 116 cm³/mol. The van der Waals surface area contributed by atoms with Crippen molar-refractivity contribution in [1.82, 2.24) is 14.5 Å². The number of carbonyl (C=O) groups is 1. The van der Waals surface area contributed by atoms with Crippen LogP contribution < -0.4 is 21.9 Å². The first-order valence-corrected chi connectivity index (χ1v) is 9.77. The normalized spacial score (nSPS) is 10.9. The van der Waals surface area contributed by atoms with Gasteiger partial charge >= 0.3 is 5.69 Å². The van der Waals surface area contributed by atoms with Gasteiger partial charge in [-0.3, -0.25) is 24.0 Å². The molecule has 2 aromatic rings. The second-order valence-corrected chi connectivity index (χ2v) is 7.61. The van der Waals surface area contributed by atoms with E-state index >= 15 is 0 Å². The number of H-pyrrole nitrogens is 1. The Morgan fingerprint density at radius 1 is 1.27 bits per heavy atom. The molecule has 160 valence electrons. The van der Waals surface area contributed by atoms with Gasteiger partial charge in [0.05, 0.1) is 19.2 Å². The molecule has 2 rings (SSSR count). The van der Waals surface area contributed by atoms with Crippen LogP contribution in [-0.2, 0) is 11.3 Å². The largest absolute Gasteiger partial charge is 0.383 e. The van der Waals surface area contributed by atoms with E-state index in [0.717, 1.165) is 5.56 Å². The molecule has 0 radical (unpaired) electrons. The van der Waals surface area contributed by atoms with Crippen LogP contribution in [0.3, 0.4) is 0 Å². The van der Waals surface area contributed by atoms with Crippen molar-refractivity contribution < 1.29 is 4.79 Å². The number of rotatable bonds is 9. The Morgan fingerprint density at radius 3 is 2.53 bits per heavy atom. The smallest absolute Gasteiger partial charge is 0.330 e. The zero-order chi connectivity index (χ0) is 22.3. The highest BCUT2D eigenvalue weighted by molar-refractivity contribution is 5.96. The molecule has 1 aromatic carbocycles. The lowest BCUT2D eigenvalue weighted by Crippen LogP contribution is -2.46. The molecule has 0 saturated carbocycles. The Hall–Kier alpha value is -3.38. The van der Waals surface area contributed by atoms with Gasteiger partial charge in [0.1, 0.15) is 5.82 Å². The summed E-state index contributed by atoms with van der Waals surface area (Å²) in [7, 11) is 1.73. The van der Waals surface area contributed by atoms with Crippen LogP contribution in [0.25, 0.3) is 0 Å². The Labute approximate surface area is 175 Å². The molecule has 0 bridgehead atoms. The third-order valence-electron chi connectivity index (χ3n) is 4.53. The van der Waals surface area contributed by atoms with Gasteiger partial charge < -0.3 is 10.6 Å². The highest BCUT2D eigenvalue weighted by Crippen LogP contribution is 2.19. The zero-order valence-electron chi connectivity index (χ0n) is 17.6. The molecular weight excluding hydrogens is 384 g/mol. The Bertz CT molecular complexity index is 1020. The van der Waals surface area contributed by atoms with Crippen LogP contribution in [0.2, 0.25) is 0 Å². The number of nitriles is 1. The molecule has 9 nitrogen and oxygen atoms in total. The second-order valence-electron chi connectivity index (χ2n) is 7.61. The fourth-order valence-electron chi connectivity index (χ4n) is 3.08. The number of aromatic amines is 1. The molecule has 0 aliphatic heterocycles. The number of carbonyl (C=O) groups excluding carboxylic acids is 1. The summed E-state index contributed by atoms with van der Waals surface area (Å²) in [6.45, 7) is 4.72. The summed E-state index contributed by atoms with van der Waals surface area (Å²) in [6.07, 6.45) is 0.290. The van der Waals surface area contributed by atoms with Crippen LogP contribution in [0.15, 0.2) is 39.9 Å². The molecule has 0 aliphatic carbocycles. The number of nitrogen functional groups attached to an aromatic ring is 1. The topological polar surface area (TPSA) is 128 Å². The van der Waals surface area contributed by atoms with Gasteiger partial charge in [0.15, 0.2) is 5.69 Å². The predicted octanol–water partition coefficient (Wildman–Crippen LogP) is 1.00. The fraction of sp³-hybridized carbons (Fsp3) is 0.429. The third kappa shape index (κ3) is 5.81. The van der Waals surface area contributed by atoms with E-state index in [9.17, 15) is 14.4 Å². The minimum absolute atomic E-state index is 0.0189. The molecular formula is C21H28N6O3. The summed E-state index contributed by atoms with van der Waals surface area (Å²) in [4.78, 5) is 43.4. The van der Waals surface area contributed by atoms with E-state index in [0.29, 0.717) is 13.0 Å². The first kappa shape index (κ1) is 22.9. The highest BCUT2D eigenvalue weighted by atomic mass is 16.2. The fourth-order valence-corrected chi connectivity index (χ4v) is 3.08. The quantitative estimate of drug-likeness (QED) is 0.632. The van der Waals surface area contributed by atoms with Gasteiger partial charge in [0.25, 0.3) is 5.56 Å². The molecule has 9 heteroatoms. The lowest BCUT2D eigenvalue weighted by atomic mass is 10.2. The highest BCUT2D eigenvalue weighted by Gasteiger charge is 2.25. The summed E-state index contributed by atoms with van der Waals surface area (Å²) < 4.78 is 1.26. The number of hydrogen-bond donors (Lipinski definition) is 2. The molecule has 0 spiro atoms. The molecule has 1 amide bonds. The van der Waals surface area contributed by atoms with E-state index in [1.807, 2.05) is 50.2 Å². The standard InChI is InChI=1S/C21H28N6O3/c1-15(2)12-26(17(28)14-25(3)11-7-10-22)18-19(23)27(21(30)24-20(18)29)13-16-8-5-4-6-9-16/h4-6,8-9,15H,7,11-14,23H2,1-3H3,(H,24,29,30). The third-order valence-corrected chi connectivity index (χ3v) is 4.53. The van der Waals surface area contributed by atoms with Gasteiger partial charge in [-0.2, -0.15) is 5.26 Å². The average Bonchev–Trinajstić information content (AvgIpc) is 2.69. The van der Waals surface area contributed by atoms with Crippen LogP contribution in [-0.4, -0.2) is 47.0 Å². The van der Waals surface area contributed by atoms with Crippen molar-refractivity contribution in [1.29, 1.82) is 5.26 Å². The number of amides is 1. The second kappa shape index (κ2) is 10.4.